The fourth-order valence-electron chi connectivity index (χ4n) is 2.87. The lowest BCUT2D eigenvalue weighted by Gasteiger charge is -2.24. The third-order valence-electron chi connectivity index (χ3n) is 4.00. The molecule has 4 rings (SSSR count). The molecule has 0 aliphatic carbocycles. The maximum Gasteiger partial charge on any atom is 0.124 e. The maximum atomic E-state index is 5.56. The van der Waals surface area contributed by atoms with Crippen molar-refractivity contribution < 1.29 is 4.74 Å². The molecule has 0 aromatic carbocycles. The number of aromatic nitrogens is 5. The standard InChI is InChI=1S/C15H18N6O/c1-4-14-12(10-19-21(14)18-6-1)9-16-15-5-7-17-20(15)13-3-2-8-22-11-13/h1,4-7,10,13,16H,2-3,8-9,11H2. The molecule has 3 aromatic heterocycles. The first-order chi connectivity index (χ1) is 10.9. The van der Waals surface area contributed by atoms with Crippen LogP contribution in [0.2, 0.25) is 0 Å². The molecule has 1 aliphatic rings. The summed E-state index contributed by atoms with van der Waals surface area (Å²) < 4.78 is 9.23. The van der Waals surface area contributed by atoms with Gasteiger partial charge in [-0.05, 0) is 25.0 Å². The fraction of sp³-hybridized carbons (Fsp3) is 0.400. The molecule has 0 bridgehead atoms. The van der Waals surface area contributed by atoms with E-state index in [1.165, 1.54) is 0 Å². The van der Waals surface area contributed by atoms with Crippen LogP contribution in [-0.4, -0.2) is 37.8 Å². The van der Waals surface area contributed by atoms with E-state index < -0.39 is 0 Å². The minimum absolute atomic E-state index is 0.317. The minimum Gasteiger partial charge on any atom is -0.379 e. The highest BCUT2D eigenvalue weighted by atomic mass is 16.5. The first kappa shape index (κ1) is 13.3. The average Bonchev–Trinajstić information content (AvgIpc) is 3.20. The highest BCUT2D eigenvalue weighted by Crippen LogP contribution is 2.23. The van der Waals surface area contributed by atoms with Crippen LogP contribution in [-0.2, 0) is 11.3 Å². The van der Waals surface area contributed by atoms with Crippen LogP contribution in [0.4, 0.5) is 5.82 Å². The first-order valence-corrected chi connectivity index (χ1v) is 7.55. The predicted molar refractivity (Wildman–Crippen MR) is 81.6 cm³/mol. The molecule has 0 spiro atoms. The topological polar surface area (TPSA) is 69.3 Å². The zero-order valence-corrected chi connectivity index (χ0v) is 12.2. The van der Waals surface area contributed by atoms with Crippen molar-refractivity contribution in [3.63, 3.8) is 0 Å². The summed E-state index contributed by atoms with van der Waals surface area (Å²) in [5.41, 5.74) is 2.13. The van der Waals surface area contributed by atoms with E-state index in [2.05, 4.69) is 20.6 Å². The average molecular weight is 298 g/mol. The van der Waals surface area contributed by atoms with Gasteiger partial charge >= 0.3 is 0 Å². The summed E-state index contributed by atoms with van der Waals surface area (Å²) in [4.78, 5) is 0. The fourth-order valence-corrected chi connectivity index (χ4v) is 2.87. The SMILES string of the molecule is c1cnn2ncc(CNc3ccnn3C3CCCOC3)c2c1. The van der Waals surface area contributed by atoms with Crippen molar-refractivity contribution in [2.75, 3.05) is 18.5 Å². The van der Waals surface area contributed by atoms with Gasteiger partial charge in [0.1, 0.15) is 5.82 Å². The van der Waals surface area contributed by atoms with E-state index in [0.717, 1.165) is 43.0 Å². The maximum absolute atomic E-state index is 5.56. The molecule has 114 valence electrons. The molecule has 1 N–H and O–H groups in total. The van der Waals surface area contributed by atoms with Crippen molar-refractivity contribution in [2.24, 2.45) is 0 Å². The van der Waals surface area contributed by atoms with Gasteiger partial charge in [-0.3, -0.25) is 0 Å². The van der Waals surface area contributed by atoms with Crippen molar-refractivity contribution in [1.29, 1.82) is 0 Å². The van der Waals surface area contributed by atoms with Gasteiger partial charge in [0.2, 0.25) is 0 Å². The van der Waals surface area contributed by atoms with Crippen LogP contribution in [0.25, 0.3) is 5.52 Å². The predicted octanol–water partition coefficient (Wildman–Crippen LogP) is 1.89. The van der Waals surface area contributed by atoms with Gasteiger partial charge in [0.05, 0.1) is 30.6 Å². The molecular formula is C15H18N6O. The van der Waals surface area contributed by atoms with E-state index in [0.29, 0.717) is 12.6 Å². The summed E-state index contributed by atoms with van der Waals surface area (Å²) in [5.74, 6) is 1.01. The normalized spacial score (nSPS) is 18.6. The lowest BCUT2D eigenvalue weighted by molar-refractivity contribution is 0.0556. The zero-order valence-electron chi connectivity index (χ0n) is 12.2. The molecule has 0 saturated carbocycles. The third-order valence-corrected chi connectivity index (χ3v) is 4.00. The molecule has 1 aliphatic heterocycles. The van der Waals surface area contributed by atoms with Gasteiger partial charge in [0, 0.05) is 31.0 Å². The van der Waals surface area contributed by atoms with Gasteiger partial charge < -0.3 is 10.1 Å². The molecule has 0 radical (unpaired) electrons. The summed E-state index contributed by atoms with van der Waals surface area (Å²) in [6.07, 6.45) is 7.60. The third kappa shape index (κ3) is 2.43. The Balaban J connectivity index is 1.51. The number of nitrogens with one attached hydrogen (secondary N) is 1. The Morgan fingerprint density at radius 2 is 2.23 bits per heavy atom. The quantitative estimate of drug-likeness (QED) is 0.796. The lowest BCUT2D eigenvalue weighted by atomic mass is 10.1. The molecule has 1 atom stereocenters. The second-order valence-electron chi connectivity index (χ2n) is 5.45. The molecule has 1 fully saturated rings. The van der Waals surface area contributed by atoms with Crippen LogP contribution in [0.15, 0.2) is 36.8 Å². The molecular weight excluding hydrogens is 280 g/mol. The van der Waals surface area contributed by atoms with Crippen molar-refractivity contribution >= 4 is 11.3 Å². The zero-order chi connectivity index (χ0) is 14.8. The van der Waals surface area contributed by atoms with Crippen LogP contribution in [0, 0.1) is 0 Å². The van der Waals surface area contributed by atoms with Crippen molar-refractivity contribution in [3.8, 4) is 0 Å². The Labute approximate surface area is 127 Å². The Kier molecular flexibility index (Phi) is 3.48. The Morgan fingerprint density at radius 3 is 3.14 bits per heavy atom. The van der Waals surface area contributed by atoms with Crippen molar-refractivity contribution in [2.45, 2.75) is 25.4 Å². The monoisotopic (exact) mass is 298 g/mol. The summed E-state index contributed by atoms with van der Waals surface area (Å²) in [7, 11) is 0. The van der Waals surface area contributed by atoms with E-state index in [1.807, 2.05) is 35.3 Å². The second-order valence-corrected chi connectivity index (χ2v) is 5.45. The number of hydrogen-bond acceptors (Lipinski definition) is 5. The number of rotatable bonds is 4. The summed E-state index contributed by atoms with van der Waals surface area (Å²) >= 11 is 0. The highest BCUT2D eigenvalue weighted by molar-refractivity contribution is 5.53. The number of anilines is 1. The van der Waals surface area contributed by atoms with E-state index in [9.17, 15) is 0 Å². The number of nitrogens with zero attached hydrogens (tertiary/aromatic N) is 5. The second kappa shape index (κ2) is 5.76. The van der Waals surface area contributed by atoms with Gasteiger partial charge in [-0.2, -0.15) is 19.9 Å². The van der Waals surface area contributed by atoms with Crippen LogP contribution in [0.5, 0.6) is 0 Å². The molecule has 3 aromatic rings. The minimum atomic E-state index is 0.317. The molecule has 1 unspecified atom stereocenters. The van der Waals surface area contributed by atoms with E-state index >= 15 is 0 Å². The summed E-state index contributed by atoms with van der Waals surface area (Å²) in [6.45, 7) is 2.28. The van der Waals surface area contributed by atoms with E-state index in [-0.39, 0.29) is 0 Å². The number of fused-ring (bicyclic) bond motifs is 1. The number of ether oxygens (including phenoxy) is 1. The molecule has 22 heavy (non-hydrogen) atoms. The van der Waals surface area contributed by atoms with Crippen LogP contribution < -0.4 is 5.32 Å². The van der Waals surface area contributed by atoms with Gasteiger partial charge in [-0.1, -0.05) is 0 Å². The van der Waals surface area contributed by atoms with Crippen LogP contribution in [0.1, 0.15) is 24.4 Å². The summed E-state index contributed by atoms with van der Waals surface area (Å²) in [6, 6.07) is 6.25. The van der Waals surface area contributed by atoms with E-state index in [4.69, 9.17) is 4.74 Å². The van der Waals surface area contributed by atoms with Crippen LogP contribution in [0.3, 0.4) is 0 Å². The Bertz CT molecular complexity index is 758. The smallest absolute Gasteiger partial charge is 0.124 e. The Morgan fingerprint density at radius 1 is 1.23 bits per heavy atom. The molecule has 4 heterocycles. The molecule has 1 saturated heterocycles. The summed E-state index contributed by atoms with van der Waals surface area (Å²) in [5, 5.41) is 16.3. The van der Waals surface area contributed by atoms with Gasteiger partial charge in [0.15, 0.2) is 0 Å². The Hall–Kier alpha value is -2.41. The molecule has 0 amide bonds. The first-order valence-electron chi connectivity index (χ1n) is 7.55. The van der Waals surface area contributed by atoms with Crippen molar-refractivity contribution in [1.82, 2.24) is 24.6 Å². The molecule has 7 nitrogen and oxygen atoms in total. The largest absolute Gasteiger partial charge is 0.379 e. The van der Waals surface area contributed by atoms with Gasteiger partial charge in [-0.25, -0.2) is 4.68 Å². The lowest BCUT2D eigenvalue weighted by Crippen LogP contribution is -2.23. The van der Waals surface area contributed by atoms with Gasteiger partial charge in [0.25, 0.3) is 0 Å². The van der Waals surface area contributed by atoms with Crippen molar-refractivity contribution in [3.05, 3.63) is 42.4 Å². The highest BCUT2D eigenvalue weighted by Gasteiger charge is 2.18. The number of hydrogen-bond donors (Lipinski definition) is 1. The van der Waals surface area contributed by atoms with Gasteiger partial charge in [-0.15, -0.1) is 0 Å². The molecule has 7 heteroatoms. The van der Waals surface area contributed by atoms with Crippen LogP contribution >= 0.6 is 0 Å². The van der Waals surface area contributed by atoms with E-state index in [1.54, 1.807) is 10.8 Å².